The van der Waals surface area contributed by atoms with Crippen LogP contribution in [0.4, 0.5) is 0 Å². The van der Waals surface area contributed by atoms with Crippen LogP contribution in [0.25, 0.3) is 0 Å². The Kier molecular flexibility index (Phi) is 3.92. The predicted octanol–water partition coefficient (Wildman–Crippen LogP) is 2.16. The van der Waals surface area contributed by atoms with Crippen LogP contribution in [-0.2, 0) is 4.79 Å². The van der Waals surface area contributed by atoms with Gasteiger partial charge in [-0.15, -0.1) is 0 Å². The molecule has 0 bridgehead atoms. The molecule has 2 unspecified atom stereocenters. The molecule has 108 valence electrons. The molecule has 0 radical (unpaired) electrons. The molecule has 1 fully saturated rings. The number of carbonyl (C=O) groups is 1. The van der Waals surface area contributed by atoms with Crippen molar-refractivity contribution in [3.63, 3.8) is 0 Å². The summed E-state index contributed by atoms with van der Waals surface area (Å²) in [5, 5.41) is 6.51. The number of carbonyl (C=O) groups excluding carboxylic acids is 1. The van der Waals surface area contributed by atoms with Gasteiger partial charge in [0.25, 0.3) is 0 Å². The third-order valence-electron chi connectivity index (χ3n) is 4.25. The van der Waals surface area contributed by atoms with E-state index in [1.165, 1.54) is 12.8 Å². The highest BCUT2D eigenvalue weighted by Crippen LogP contribution is 2.31. The third kappa shape index (κ3) is 2.80. The second-order valence-corrected chi connectivity index (χ2v) is 5.78. The molecule has 3 rings (SSSR count). The minimum absolute atomic E-state index is 0.0984. The van der Waals surface area contributed by atoms with Crippen molar-refractivity contribution < 1.29 is 9.53 Å². The Morgan fingerprint density at radius 1 is 1.30 bits per heavy atom. The van der Waals surface area contributed by atoms with E-state index in [9.17, 15) is 4.79 Å². The molecule has 1 aliphatic carbocycles. The Hall–Kier alpha value is -1.55. The van der Waals surface area contributed by atoms with E-state index >= 15 is 0 Å². The van der Waals surface area contributed by atoms with E-state index in [2.05, 4.69) is 16.7 Å². The maximum absolute atomic E-state index is 12.2. The largest absolute Gasteiger partial charge is 0.491 e. The van der Waals surface area contributed by atoms with E-state index < -0.39 is 0 Å². The smallest absolute Gasteiger partial charge is 0.237 e. The van der Waals surface area contributed by atoms with Gasteiger partial charge in [-0.3, -0.25) is 10.1 Å². The van der Waals surface area contributed by atoms with E-state index in [4.69, 9.17) is 4.74 Å². The average Bonchev–Trinajstić information content (AvgIpc) is 3.09. The molecule has 0 saturated heterocycles. The summed E-state index contributed by atoms with van der Waals surface area (Å²) >= 11 is 0. The Bertz CT molecular complexity index is 483. The molecule has 4 nitrogen and oxygen atoms in total. The standard InChI is InChI=1S/C16H22N2O2/c1-11(16(19)18-12-6-2-3-7-12)17-14-10-20-15-9-5-4-8-13(14)15/h4-5,8-9,11-12,14,17H,2-3,6-7,10H2,1H3,(H,18,19). The van der Waals surface area contributed by atoms with E-state index in [-0.39, 0.29) is 18.0 Å². The molecule has 2 aliphatic rings. The summed E-state index contributed by atoms with van der Waals surface area (Å²) in [6.07, 6.45) is 4.70. The molecule has 1 aromatic rings. The number of rotatable bonds is 4. The minimum atomic E-state index is -0.199. The summed E-state index contributed by atoms with van der Waals surface area (Å²) in [5.41, 5.74) is 1.15. The lowest BCUT2D eigenvalue weighted by Gasteiger charge is -2.20. The zero-order valence-electron chi connectivity index (χ0n) is 11.9. The molecule has 1 aromatic carbocycles. The van der Waals surface area contributed by atoms with Crippen molar-refractivity contribution >= 4 is 5.91 Å². The van der Waals surface area contributed by atoms with Crippen LogP contribution >= 0.6 is 0 Å². The van der Waals surface area contributed by atoms with Gasteiger partial charge < -0.3 is 10.1 Å². The first-order chi connectivity index (χ1) is 9.74. The first-order valence-electron chi connectivity index (χ1n) is 7.52. The van der Waals surface area contributed by atoms with E-state index in [0.717, 1.165) is 24.2 Å². The van der Waals surface area contributed by atoms with Gasteiger partial charge in [-0.2, -0.15) is 0 Å². The average molecular weight is 274 g/mol. The zero-order valence-corrected chi connectivity index (χ0v) is 11.9. The fraction of sp³-hybridized carbons (Fsp3) is 0.562. The second kappa shape index (κ2) is 5.83. The first kappa shape index (κ1) is 13.4. The predicted molar refractivity (Wildman–Crippen MR) is 77.7 cm³/mol. The molecule has 20 heavy (non-hydrogen) atoms. The fourth-order valence-corrected chi connectivity index (χ4v) is 3.07. The fourth-order valence-electron chi connectivity index (χ4n) is 3.07. The molecule has 2 N–H and O–H groups in total. The van der Waals surface area contributed by atoms with Crippen LogP contribution < -0.4 is 15.4 Å². The van der Waals surface area contributed by atoms with Gasteiger partial charge in [-0.05, 0) is 25.8 Å². The van der Waals surface area contributed by atoms with Crippen molar-refractivity contribution in [1.29, 1.82) is 0 Å². The molecule has 1 amide bonds. The van der Waals surface area contributed by atoms with E-state index in [1.54, 1.807) is 0 Å². The number of hydrogen-bond acceptors (Lipinski definition) is 3. The SMILES string of the molecule is CC(NC1COc2ccccc21)C(=O)NC1CCCC1. The van der Waals surface area contributed by atoms with Crippen molar-refractivity contribution in [2.75, 3.05) is 6.61 Å². The maximum Gasteiger partial charge on any atom is 0.237 e. The Morgan fingerprint density at radius 3 is 2.85 bits per heavy atom. The van der Waals surface area contributed by atoms with Crippen molar-refractivity contribution in [2.45, 2.75) is 50.7 Å². The van der Waals surface area contributed by atoms with Gasteiger partial charge in [0.05, 0.1) is 12.1 Å². The highest BCUT2D eigenvalue weighted by Gasteiger charge is 2.27. The Labute approximate surface area is 119 Å². The number of para-hydroxylation sites is 1. The van der Waals surface area contributed by atoms with Crippen LogP contribution in [0.15, 0.2) is 24.3 Å². The van der Waals surface area contributed by atoms with Crippen molar-refractivity contribution in [2.24, 2.45) is 0 Å². The normalized spacial score (nSPS) is 23.1. The van der Waals surface area contributed by atoms with Crippen molar-refractivity contribution in [3.8, 4) is 5.75 Å². The van der Waals surface area contributed by atoms with Crippen LogP contribution in [0.2, 0.25) is 0 Å². The molecular formula is C16H22N2O2. The maximum atomic E-state index is 12.2. The monoisotopic (exact) mass is 274 g/mol. The summed E-state index contributed by atoms with van der Waals surface area (Å²) < 4.78 is 5.63. The van der Waals surface area contributed by atoms with E-state index in [1.807, 2.05) is 25.1 Å². The highest BCUT2D eigenvalue weighted by atomic mass is 16.5. The first-order valence-corrected chi connectivity index (χ1v) is 7.52. The lowest BCUT2D eigenvalue weighted by Crippen LogP contribution is -2.46. The molecule has 1 saturated carbocycles. The number of ether oxygens (including phenoxy) is 1. The quantitative estimate of drug-likeness (QED) is 0.884. The molecular weight excluding hydrogens is 252 g/mol. The summed E-state index contributed by atoms with van der Waals surface area (Å²) in [6, 6.07) is 8.29. The Morgan fingerprint density at radius 2 is 2.05 bits per heavy atom. The summed E-state index contributed by atoms with van der Waals surface area (Å²) in [7, 11) is 0. The zero-order chi connectivity index (χ0) is 13.9. The number of benzene rings is 1. The summed E-state index contributed by atoms with van der Waals surface area (Å²) in [4.78, 5) is 12.2. The van der Waals surface area contributed by atoms with Crippen LogP contribution in [0.3, 0.4) is 0 Å². The van der Waals surface area contributed by atoms with Gasteiger partial charge in [0.1, 0.15) is 12.4 Å². The van der Waals surface area contributed by atoms with Gasteiger partial charge in [-0.1, -0.05) is 31.0 Å². The number of hydrogen-bond donors (Lipinski definition) is 2. The lowest BCUT2D eigenvalue weighted by atomic mass is 10.1. The molecule has 4 heteroatoms. The van der Waals surface area contributed by atoms with Crippen LogP contribution in [0.1, 0.15) is 44.2 Å². The van der Waals surface area contributed by atoms with Crippen LogP contribution in [0.5, 0.6) is 5.75 Å². The molecule has 2 atom stereocenters. The van der Waals surface area contributed by atoms with Crippen LogP contribution in [0, 0.1) is 0 Å². The highest BCUT2D eigenvalue weighted by molar-refractivity contribution is 5.81. The van der Waals surface area contributed by atoms with Crippen molar-refractivity contribution in [1.82, 2.24) is 10.6 Å². The summed E-state index contributed by atoms with van der Waals surface area (Å²) in [5.74, 6) is 1.02. The number of nitrogens with one attached hydrogen (secondary N) is 2. The molecule has 0 spiro atoms. The topological polar surface area (TPSA) is 50.4 Å². The molecule has 1 aliphatic heterocycles. The van der Waals surface area contributed by atoms with Gasteiger partial charge >= 0.3 is 0 Å². The van der Waals surface area contributed by atoms with Gasteiger partial charge in [-0.25, -0.2) is 0 Å². The van der Waals surface area contributed by atoms with Gasteiger partial charge in [0.15, 0.2) is 0 Å². The third-order valence-corrected chi connectivity index (χ3v) is 4.25. The van der Waals surface area contributed by atoms with E-state index in [0.29, 0.717) is 12.6 Å². The van der Waals surface area contributed by atoms with Gasteiger partial charge in [0.2, 0.25) is 5.91 Å². The number of amides is 1. The van der Waals surface area contributed by atoms with Crippen molar-refractivity contribution in [3.05, 3.63) is 29.8 Å². The molecule has 0 aromatic heterocycles. The molecule has 1 heterocycles. The number of fused-ring (bicyclic) bond motifs is 1. The Balaban J connectivity index is 1.56. The summed E-state index contributed by atoms with van der Waals surface area (Å²) in [6.45, 7) is 2.52. The minimum Gasteiger partial charge on any atom is -0.491 e. The second-order valence-electron chi connectivity index (χ2n) is 5.78. The van der Waals surface area contributed by atoms with Crippen LogP contribution in [-0.4, -0.2) is 24.6 Å². The van der Waals surface area contributed by atoms with Gasteiger partial charge in [0, 0.05) is 11.6 Å². The lowest BCUT2D eigenvalue weighted by molar-refractivity contribution is -0.123.